The van der Waals surface area contributed by atoms with Gasteiger partial charge in [-0.1, -0.05) is 73.9 Å². The van der Waals surface area contributed by atoms with Gasteiger partial charge in [0, 0.05) is 24.0 Å². The number of fused-ring (bicyclic) bond motifs is 2. The second-order valence-electron chi connectivity index (χ2n) is 14.7. The smallest absolute Gasteiger partial charge is 0.270 e. The third-order valence-corrected chi connectivity index (χ3v) is 9.67. The van der Waals surface area contributed by atoms with Crippen LogP contribution >= 0.6 is 0 Å². The number of aliphatic hydroxyl groups is 1. The van der Waals surface area contributed by atoms with Crippen LogP contribution in [-0.2, 0) is 20.8 Å². The monoisotopic (exact) mass is 676 g/mol. The first-order valence-electron chi connectivity index (χ1n) is 17.4. The molecule has 2 fully saturated rings. The predicted octanol–water partition coefficient (Wildman–Crippen LogP) is 3.09. The van der Waals surface area contributed by atoms with E-state index in [4.69, 9.17) is 5.73 Å². The average molecular weight is 677 g/mol. The first-order chi connectivity index (χ1) is 23.4. The van der Waals surface area contributed by atoms with E-state index in [-0.39, 0.29) is 24.6 Å². The van der Waals surface area contributed by atoms with Crippen molar-refractivity contribution in [1.82, 2.24) is 25.8 Å². The van der Waals surface area contributed by atoms with Gasteiger partial charge in [-0.15, -0.1) is 0 Å². The Balaban J connectivity index is 1.35. The Morgan fingerprint density at radius 3 is 2.35 bits per heavy atom. The number of hydrogen-bond donors (Lipinski definition) is 5. The molecular formula is C38H50N6O5. The van der Waals surface area contributed by atoms with E-state index in [1.54, 1.807) is 18.2 Å². The molecule has 2 aliphatic rings. The summed E-state index contributed by atoms with van der Waals surface area (Å²) in [7, 11) is 0. The van der Waals surface area contributed by atoms with Crippen molar-refractivity contribution in [3.8, 4) is 0 Å². The van der Waals surface area contributed by atoms with Gasteiger partial charge in [-0.05, 0) is 69.6 Å². The number of aliphatic hydroxyl groups excluding tert-OH is 1. The van der Waals surface area contributed by atoms with Crippen LogP contribution in [0.15, 0.2) is 66.7 Å². The lowest BCUT2D eigenvalue weighted by Crippen LogP contribution is -2.61. The third-order valence-electron chi connectivity index (χ3n) is 9.67. The van der Waals surface area contributed by atoms with E-state index in [1.165, 1.54) is 6.42 Å². The fourth-order valence-electron chi connectivity index (χ4n) is 7.26. The molecule has 2 aromatic carbocycles. The van der Waals surface area contributed by atoms with Gasteiger partial charge in [0.1, 0.15) is 11.7 Å². The lowest BCUT2D eigenvalue weighted by Gasteiger charge is -2.47. The molecule has 1 aliphatic heterocycles. The van der Waals surface area contributed by atoms with Crippen LogP contribution in [0.2, 0.25) is 0 Å². The zero-order chi connectivity index (χ0) is 35.1. The van der Waals surface area contributed by atoms with Gasteiger partial charge in [-0.25, -0.2) is 4.98 Å². The molecule has 4 amide bonds. The molecule has 1 saturated carbocycles. The number of pyridine rings is 1. The Morgan fingerprint density at radius 1 is 0.939 bits per heavy atom. The van der Waals surface area contributed by atoms with Crippen LogP contribution in [0.25, 0.3) is 10.9 Å². The summed E-state index contributed by atoms with van der Waals surface area (Å²) in [6, 6.07) is 17.6. The Bertz CT molecular complexity index is 1630. The normalized spacial score (nSPS) is 21.5. The Kier molecular flexibility index (Phi) is 11.7. The van der Waals surface area contributed by atoms with Crippen molar-refractivity contribution in [1.29, 1.82) is 0 Å². The number of hydrogen-bond acceptors (Lipinski definition) is 7. The number of rotatable bonds is 12. The van der Waals surface area contributed by atoms with Crippen LogP contribution in [-0.4, -0.2) is 81.5 Å². The molecule has 11 heteroatoms. The molecule has 0 bridgehead atoms. The number of benzene rings is 2. The van der Waals surface area contributed by atoms with Crippen LogP contribution in [0, 0.1) is 11.8 Å². The number of β-amino-alcohol motifs (C(OH)–C–C–N with tert-alkyl or cyclic N) is 1. The minimum absolute atomic E-state index is 0.0566. The molecule has 2 heterocycles. The lowest BCUT2D eigenvalue weighted by molar-refractivity contribution is -0.133. The molecule has 1 saturated heterocycles. The molecule has 1 aliphatic carbocycles. The Morgan fingerprint density at radius 2 is 1.63 bits per heavy atom. The van der Waals surface area contributed by atoms with Crippen molar-refractivity contribution < 1.29 is 24.3 Å². The Labute approximate surface area is 288 Å². The van der Waals surface area contributed by atoms with Crippen LogP contribution in [0.4, 0.5) is 0 Å². The van der Waals surface area contributed by atoms with Crippen molar-refractivity contribution in [2.24, 2.45) is 17.6 Å². The molecule has 0 spiro atoms. The minimum atomic E-state index is -1.30. The minimum Gasteiger partial charge on any atom is -0.390 e. The van der Waals surface area contributed by atoms with E-state index < -0.39 is 53.9 Å². The number of likely N-dealkylation sites (tertiary alicyclic amines) is 1. The number of primary amides is 1. The van der Waals surface area contributed by atoms with Crippen LogP contribution in [0.5, 0.6) is 0 Å². The number of nitrogens with one attached hydrogen (secondary N) is 3. The summed E-state index contributed by atoms with van der Waals surface area (Å²) >= 11 is 0. The summed E-state index contributed by atoms with van der Waals surface area (Å²) in [5, 5.41) is 21.4. The molecule has 6 N–H and O–H groups in total. The van der Waals surface area contributed by atoms with Gasteiger partial charge in [0.2, 0.25) is 17.7 Å². The molecule has 5 rings (SSSR count). The number of aromatic nitrogens is 1. The number of carbonyl (C=O) groups is 4. The quantitative estimate of drug-likeness (QED) is 0.197. The van der Waals surface area contributed by atoms with Crippen molar-refractivity contribution >= 4 is 34.5 Å². The highest BCUT2D eigenvalue weighted by molar-refractivity contribution is 5.99. The second kappa shape index (κ2) is 15.9. The maximum absolute atomic E-state index is 13.8. The van der Waals surface area contributed by atoms with Gasteiger partial charge < -0.3 is 26.8 Å². The average Bonchev–Trinajstić information content (AvgIpc) is 3.06. The van der Waals surface area contributed by atoms with Gasteiger partial charge >= 0.3 is 0 Å². The number of piperidine rings is 1. The van der Waals surface area contributed by atoms with Gasteiger partial charge in [-0.3, -0.25) is 24.1 Å². The van der Waals surface area contributed by atoms with Crippen LogP contribution < -0.4 is 21.7 Å². The molecule has 262 valence electrons. The standard InChI is InChI=1S/C38H50N6O5/c1-38(2,3)43-37(49)32-20-26-14-7-8-15-27(26)22-44(32)23-33(45)30(19-24-11-5-4-6-12-24)41-36(48)31(21-34(39)46)42-35(47)29-18-17-25-13-9-10-16-28(25)40-29/h4-6,9-13,16-18,26-27,30-33,45H,7-8,14-15,19-23H2,1-3H3,(H2,39,46)(H,41,48)(H,42,47)(H,43,49)/t26-,27+,30-,31-,32-,33+/m0/s1/i9+1,10+1,13+1,16+1,25+1,28+1. The highest BCUT2D eigenvalue weighted by Crippen LogP contribution is 2.39. The highest BCUT2D eigenvalue weighted by atomic mass is 16.3. The summed E-state index contributed by atoms with van der Waals surface area (Å²) in [6.45, 7) is 6.73. The van der Waals surface area contributed by atoms with Crippen LogP contribution in [0.1, 0.15) is 75.3 Å². The molecule has 0 unspecified atom stereocenters. The maximum atomic E-state index is 13.8. The van der Waals surface area contributed by atoms with Gasteiger partial charge in [0.15, 0.2) is 0 Å². The summed E-state index contributed by atoms with van der Waals surface area (Å²) in [5.74, 6) is -1.20. The first kappa shape index (κ1) is 35.9. The molecular weight excluding hydrogens is 626 g/mol. The Hall–Kier alpha value is -4.35. The molecule has 11 nitrogen and oxygen atoms in total. The van der Waals surface area contributed by atoms with E-state index in [0.717, 1.165) is 36.6 Å². The molecule has 49 heavy (non-hydrogen) atoms. The van der Waals surface area contributed by atoms with Crippen molar-refractivity contribution in [3.63, 3.8) is 0 Å². The lowest BCUT2D eigenvalue weighted by atomic mass is 9.72. The summed E-state index contributed by atoms with van der Waals surface area (Å²) in [4.78, 5) is 59.3. The van der Waals surface area contributed by atoms with Crippen LogP contribution in [0.3, 0.4) is 0 Å². The number of nitrogens with two attached hydrogens (primary N) is 1. The zero-order valence-electron chi connectivity index (χ0n) is 28.7. The molecule has 1 aromatic heterocycles. The third kappa shape index (κ3) is 9.86. The van der Waals surface area contributed by atoms with Gasteiger partial charge in [0.25, 0.3) is 5.91 Å². The zero-order valence-corrected chi connectivity index (χ0v) is 28.7. The SMILES string of the molecule is CC(C)(C)NC(=O)[C@@H]1C[C@@H]2CCCC[C@@H]2CN1C[C@@H](O)[C@H](Cc1ccccc1)NC(=O)[C@H](CC(N)=O)NC(=O)c1cc[13c]2[13cH][13cH][13cH][13cH][13c]2n1. The largest absolute Gasteiger partial charge is 0.390 e. The highest BCUT2D eigenvalue weighted by Gasteiger charge is 2.42. The predicted molar refractivity (Wildman–Crippen MR) is 188 cm³/mol. The van der Waals surface area contributed by atoms with Crippen molar-refractivity contribution in [2.45, 2.75) is 95.5 Å². The maximum Gasteiger partial charge on any atom is 0.270 e. The summed E-state index contributed by atoms with van der Waals surface area (Å²) < 4.78 is 0. The van der Waals surface area contributed by atoms with E-state index in [0.29, 0.717) is 23.9 Å². The second-order valence-corrected chi connectivity index (χ2v) is 14.7. The summed E-state index contributed by atoms with van der Waals surface area (Å²) in [5.41, 5.74) is 6.70. The number of para-hydroxylation sites is 1. The summed E-state index contributed by atoms with van der Waals surface area (Å²) in [6.07, 6.45) is 4.03. The molecule has 6 atom stereocenters. The van der Waals surface area contributed by atoms with E-state index in [2.05, 4.69) is 25.8 Å². The number of nitrogens with zero attached hydrogens (tertiary/aromatic N) is 2. The van der Waals surface area contributed by atoms with Gasteiger partial charge in [-0.2, -0.15) is 0 Å². The fraction of sp³-hybridized carbons (Fsp3) is 0.500. The van der Waals surface area contributed by atoms with Crippen molar-refractivity contribution in [3.05, 3.63) is 78.0 Å². The number of carbonyl (C=O) groups excluding carboxylic acids is 4. The molecule has 0 radical (unpaired) electrons. The topological polar surface area (TPSA) is 167 Å². The van der Waals surface area contributed by atoms with E-state index in [1.807, 2.05) is 69.3 Å². The first-order valence-corrected chi connectivity index (χ1v) is 17.4. The number of amides is 4. The van der Waals surface area contributed by atoms with E-state index >= 15 is 0 Å². The van der Waals surface area contributed by atoms with Crippen molar-refractivity contribution in [2.75, 3.05) is 13.1 Å². The van der Waals surface area contributed by atoms with Gasteiger partial charge in [0.05, 0.1) is 30.1 Å². The van der Waals surface area contributed by atoms with E-state index in [9.17, 15) is 24.3 Å². The fourth-order valence-corrected chi connectivity index (χ4v) is 7.26. The molecule has 3 aromatic rings.